The van der Waals surface area contributed by atoms with E-state index in [2.05, 4.69) is 176 Å². The lowest BCUT2D eigenvalue weighted by Gasteiger charge is -2.29. The zero-order valence-electron chi connectivity index (χ0n) is 25.1. The number of nitrogens with zero attached hydrogens (tertiary/aromatic N) is 1. The van der Waals surface area contributed by atoms with Crippen LogP contribution < -0.4 is 4.90 Å². The summed E-state index contributed by atoms with van der Waals surface area (Å²) in [5.41, 5.74) is 8.55. The van der Waals surface area contributed by atoms with Gasteiger partial charge in [0, 0.05) is 17.1 Å². The van der Waals surface area contributed by atoms with E-state index in [1.807, 2.05) is 12.1 Å². The van der Waals surface area contributed by atoms with Crippen molar-refractivity contribution in [3.8, 4) is 0 Å². The number of anilines is 2. The van der Waals surface area contributed by atoms with E-state index in [-0.39, 0.29) is 0 Å². The third-order valence-corrected chi connectivity index (χ3v) is 7.58. The smallest absolute Gasteiger partial charge is 0.0461 e. The second-order valence-corrected chi connectivity index (χ2v) is 10.9. The minimum Gasteiger partial charge on any atom is -0.311 e. The average molecular weight is 560 g/mol. The molecule has 0 saturated heterocycles. The largest absolute Gasteiger partial charge is 0.311 e. The van der Waals surface area contributed by atoms with Gasteiger partial charge in [0.1, 0.15) is 0 Å². The fourth-order valence-corrected chi connectivity index (χ4v) is 5.14. The zero-order valence-corrected chi connectivity index (χ0v) is 25.1. The molecule has 4 aromatic carbocycles. The Balaban J connectivity index is 1.30. The molecule has 0 N–H and O–H groups in total. The van der Waals surface area contributed by atoms with Crippen LogP contribution in [0.15, 0.2) is 163 Å². The Hall–Kier alpha value is -4.88. The van der Waals surface area contributed by atoms with E-state index in [9.17, 15) is 0 Å². The Morgan fingerprint density at radius 2 is 1.16 bits per heavy atom. The van der Waals surface area contributed by atoms with E-state index >= 15 is 0 Å². The van der Waals surface area contributed by atoms with E-state index < -0.39 is 0 Å². The number of rotatable bonds is 12. The second-order valence-electron chi connectivity index (χ2n) is 10.9. The molecule has 0 aromatic heterocycles. The first kappa shape index (κ1) is 29.6. The first-order chi connectivity index (χ1) is 21.3. The van der Waals surface area contributed by atoms with Crippen LogP contribution in [0, 0.1) is 5.92 Å². The highest BCUT2D eigenvalue weighted by atomic mass is 15.1. The summed E-state index contributed by atoms with van der Waals surface area (Å²) in [5, 5.41) is 0. The normalized spacial score (nSPS) is 15.2. The zero-order chi connectivity index (χ0) is 29.5. The molecule has 0 heterocycles. The average Bonchev–Trinajstić information content (AvgIpc) is 3.07. The van der Waals surface area contributed by atoms with Crippen molar-refractivity contribution < 1.29 is 0 Å². The van der Waals surface area contributed by atoms with Crippen molar-refractivity contribution in [2.45, 2.75) is 32.6 Å². The Morgan fingerprint density at radius 1 is 0.628 bits per heavy atom. The van der Waals surface area contributed by atoms with Gasteiger partial charge in [0.05, 0.1) is 0 Å². The summed E-state index contributed by atoms with van der Waals surface area (Å²) in [6.07, 6.45) is 28.7. The molecule has 1 aliphatic rings. The lowest BCUT2D eigenvalue weighted by molar-refractivity contribution is 0.795. The molecule has 0 bridgehead atoms. The molecular weight excluding hydrogens is 518 g/mol. The van der Waals surface area contributed by atoms with Gasteiger partial charge in [-0.1, -0.05) is 159 Å². The summed E-state index contributed by atoms with van der Waals surface area (Å²) < 4.78 is 0. The van der Waals surface area contributed by atoms with Gasteiger partial charge in [-0.3, -0.25) is 0 Å². The monoisotopic (exact) mass is 559 g/mol. The number of benzene rings is 4. The van der Waals surface area contributed by atoms with Crippen LogP contribution in [0.25, 0.3) is 18.2 Å². The Kier molecular flexibility index (Phi) is 11.0. The second kappa shape index (κ2) is 15.9. The van der Waals surface area contributed by atoms with Crippen LogP contribution >= 0.6 is 0 Å². The van der Waals surface area contributed by atoms with Gasteiger partial charge in [-0.25, -0.2) is 0 Å². The highest BCUT2D eigenvalue weighted by molar-refractivity contribution is 5.72. The Morgan fingerprint density at radius 3 is 1.70 bits per heavy atom. The molecule has 0 fully saturated rings. The number of hydrogen-bond acceptors (Lipinski definition) is 1. The Labute approximate surface area is 258 Å². The van der Waals surface area contributed by atoms with E-state index in [1.165, 1.54) is 46.5 Å². The summed E-state index contributed by atoms with van der Waals surface area (Å²) in [6.45, 7) is 2.25. The quantitative estimate of drug-likeness (QED) is 0.156. The maximum Gasteiger partial charge on any atom is 0.0461 e. The fourth-order valence-electron chi connectivity index (χ4n) is 5.14. The number of hydrogen-bond donors (Lipinski definition) is 0. The van der Waals surface area contributed by atoms with Crippen molar-refractivity contribution in [2.75, 3.05) is 4.90 Å². The summed E-state index contributed by atoms with van der Waals surface area (Å²) in [4.78, 5) is 2.37. The molecule has 5 rings (SSSR count). The van der Waals surface area contributed by atoms with Crippen LogP contribution in [0.5, 0.6) is 0 Å². The minimum atomic E-state index is 0.388. The molecule has 1 unspecified atom stereocenters. The van der Waals surface area contributed by atoms with Gasteiger partial charge in [0.25, 0.3) is 0 Å². The molecule has 0 spiro atoms. The molecule has 0 aliphatic heterocycles. The lowest BCUT2D eigenvalue weighted by atomic mass is 9.97. The van der Waals surface area contributed by atoms with Crippen LogP contribution in [0.1, 0.15) is 48.4 Å². The van der Waals surface area contributed by atoms with Gasteiger partial charge in [-0.05, 0) is 77.8 Å². The highest BCUT2D eigenvalue weighted by Gasteiger charge is 2.16. The molecule has 0 saturated carbocycles. The maximum absolute atomic E-state index is 2.37. The van der Waals surface area contributed by atoms with Crippen molar-refractivity contribution >= 4 is 29.6 Å². The molecular formula is C42H41N. The van der Waals surface area contributed by atoms with E-state index in [0.29, 0.717) is 5.92 Å². The summed E-state index contributed by atoms with van der Waals surface area (Å²) in [5.74, 6) is 0.388. The summed E-state index contributed by atoms with van der Waals surface area (Å²) in [6, 6.07) is 38.8. The summed E-state index contributed by atoms with van der Waals surface area (Å²) >= 11 is 0. The minimum absolute atomic E-state index is 0.388. The van der Waals surface area contributed by atoms with Gasteiger partial charge < -0.3 is 4.90 Å². The first-order valence-corrected chi connectivity index (χ1v) is 15.5. The molecule has 1 atom stereocenters. The first-order valence-electron chi connectivity index (χ1n) is 15.5. The molecule has 1 nitrogen and oxygen atoms in total. The van der Waals surface area contributed by atoms with Crippen molar-refractivity contribution in [3.05, 3.63) is 186 Å². The number of allylic oxidation sites excluding steroid dienone is 8. The van der Waals surface area contributed by atoms with Crippen LogP contribution in [-0.2, 0) is 6.42 Å². The van der Waals surface area contributed by atoms with Crippen LogP contribution in [0.2, 0.25) is 0 Å². The number of aryl methyl sites for hydroxylation is 1. The van der Waals surface area contributed by atoms with Crippen molar-refractivity contribution in [3.63, 3.8) is 0 Å². The third-order valence-electron chi connectivity index (χ3n) is 7.58. The van der Waals surface area contributed by atoms with Gasteiger partial charge >= 0.3 is 0 Å². The number of unbranched alkanes of at least 4 members (excludes halogenated alkanes) is 1. The van der Waals surface area contributed by atoms with Gasteiger partial charge in [0.15, 0.2) is 0 Å². The van der Waals surface area contributed by atoms with Gasteiger partial charge in [-0.2, -0.15) is 0 Å². The SMILES string of the molecule is CCCCc1ccc(N(C2=CCC(/C=C/C=C/c3ccccc3)C=C2)c2ccc(/C=C/C=C/c3ccccc3)cc2)cc1. The van der Waals surface area contributed by atoms with Crippen molar-refractivity contribution in [1.82, 2.24) is 0 Å². The van der Waals surface area contributed by atoms with E-state index in [0.717, 1.165) is 18.5 Å². The molecule has 1 aliphatic carbocycles. The Bertz CT molecular complexity index is 1580. The molecule has 43 heavy (non-hydrogen) atoms. The standard InChI is InChI=1S/C42H41N/c1-2-3-14-37-23-29-40(30-24-37)43(41-31-25-38(26-32-41)21-12-10-19-35-15-6-4-7-16-35)42-33-27-39(28-34-42)22-13-11-20-36-17-8-5-9-18-36/h4-13,15-27,29-34,39H,2-3,14,28H2,1H3/b19-10+,20-11+,21-12+,22-13+. The molecule has 214 valence electrons. The topological polar surface area (TPSA) is 3.24 Å². The summed E-state index contributed by atoms with van der Waals surface area (Å²) in [7, 11) is 0. The molecule has 0 amide bonds. The van der Waals surface area contributed by atoms with E-state index in [4.69, 9.17) is 0 Å². The van der Waals surface area contributed by atoms with Gasteiger partial charge in [0.2, 0.25) is 0 Å². The van der Waals surface area contributed by atoms with Crippen LogP contribution in [0.4, 0.5) is 11.4 Å². The maximum atomic E-state index is 2.37. The highest BCUT2D eigenvalue weighted by Crippen LogP contribution is 2.33. The molecule has 1 heteroatoms. The van der Waals surface area contributed by atoms with Crippen LogP contribution in [0.3, 0.4) is 0 Å². The van der Waals surface area contributed by atoms with Crippen LogP contribution in [-0.4, -0.2) is 0 Å². The fraction of sp³-hybridized carbons (Fsp3) is 0.143. The van der Waals surface area contributed by atoms with Crippen molar-refractivity contribution in [1.29, 1.82) is 0 Å². The predicted octanol–water partition coefficient (Wildman–Crippen LogP) is 11.6. The molecule has 4 aromatic rings. The molecule has 0 radical (unpaired) electrons. The van der Waals surface area contributed by atoms with Gasteiger partial charge in [-0.15, -0.1) is 0 Å². The van der Waals surface area contributed by atoms with E-state index in [1.54, 1.807) is 0 Å². The van der Waals surface area contributed by atoms with Crippen molar-refractivity contribution in [2.24, 2.45) is 5.92 Å². The lowest BCUT2D eigenvalue weighted by Crippen LogP contribution is -2.17. The third kappa shape index (κ3) is 9.05. The predicted molar refractivity (Wildman–Crippen MR) is 188 cm³/mol.